The SMILES string of the molecule is O=C(O)COc1csc(-c2cccc(OC3CCN(C(=O)Oc4ccccc4)CC3)c2)c1Cl. The van der Waals surface area contributed by atoms with Crippen LogP contribution in [0.15, 0.2) is 60.0 Å². The van der Waals surface area contributed by atoms with E-state index < -0.39 is 12.6 Å². The molecule has 9 heteroatoms. The molecule has 1 fully saturated rings. The van der Waals surface area contributed by atoms with E-state index in [-0.39, 0.29) is 12.2 Å². The van der Waals surface area contributed by atoms with E-state index in [1.54, 1.807) is 22.4 Å². The molecule has 1 amide bonds. The molecule has 1 saturated heterocycles. The summed E-state index contributed by atoms with van der Waals surface area (Å²) in [4.78, 5) is 25.6. The number of aliphatic carboxylic acids is 1. The van der Waals surface area contributed by atoms with Crippen molar-refractivity contribution in [3.8, 4) is 27.7 Å². The van der Waals surface area contributed by atoms with Crippen LogP contribution in [0.5, 0.6) is 17.2 Å². The van der Waals surface area contributed by atoms with Gasteiger partial charge in [0, 0.05) is 31.3 Å². The van der Waals surface area contributed by atoms with Gasteiger partial charge >= 0.3 is 12.1 Å². The highest BCUT2D eigenvalue weighted by atomic mass is 35.5. The molecule has 172 valence electrons. The predicted octanol–water partition coefficient (Wildman–Crippen LogP) is 5.57. The highest BCUT2D eigenvalue weighted by Crippen LogP contribution is 2.42. The van der Waals surface area contributed by atoms with Crippen LogP contribution in [0, 0.1) is 0 Å². The smallest absolute Gasteiger partial charge is 0.415 e. The number of benzene rings is 2. The maximum atomic E-state index is 12.4. The summed E-state index contributed by atoms with van der Waals surface area (Å²) in [5.41, 5.74) is 0.858. The third kappa shape index (κ3) is 5.97. The third-order valence-electron chi connectivity index (χ3n) is 5.10. The lowest BCUT2D eigenvalue weighted by atomic mass is 10.1. The number of piperidine rings is 1. The van der Waals surface area contributed by atoms with Crippen LogP contribution >= 0.6 is 22.9 Å². The second kappa shape index (κ2) is 10.6. The van der Waals surface area contributed by atoms with E-state index in [4.69, 9.17) is 30.9 Å². The number of carbonyl (C=O) groups excluding carboxylic acids is 1. The highest BCUT2D eigenvalue weighted by Gasteiger charge is 2.25. The topological polar surface area (TPSA) is 85.3 Å². The van der Waals surface area contributed by atoms with Crippen molar-refractivity contribution < 1.29 is 28.9 Å². The molecular weight excluding hydrogens is 466 g/mol. The molecule has 1 aliphatic heterocycles. The van der Waals surface area contributed by atoms with Crippen molar-refractivity contribution in [3.05, 3.63) is 65.0 Å². The van der Waals surface area contributed by atoms with E-state index in [2.05, 4.69) is 0 Å². The van der Waals surface area contributed by atoms with Gasteiger partial charge in [0.15, 0.2) is 6.61 Å². The molecule has 7 nitrogen and oxygen atoms in total. The number of ether oxygens (including phenoxy) is 3. The van der Waals surface area contributed by atoms with Crippen molar-refractivity contribution in [3.63, 3.8) is 0 Å². The Bertz CT molecular complexity index is 1110. The number of amides is 1. The van der Waals surface area contributed by atoms with E-state index in [0.717, 1.165) is 10.4 Å². The zero-order chi connectivity index (χ0) is 23.2. The summed E-state index contributed by atoms with van der Waals surface area (Å²) in [7, 11) is 0. The van der Waals surface area contributed by atoms with Crippen molar-refractivity contribution in [1.82, 2.24) is 4.90 Å². The van der Waals surface area contributed by atoms with Crippen LogP contribution in [0.4, 0.5) is 4.79 Å². The monoisotopic (exact) mass is 487 g/mol. The van der Waals surface area contributed by atoms with E-state index in [9.17, 15) is 9.59 Å². The minimum Gasteiger partial charge on any atom is -0.490 e. The normalized spacial score (nSPS) is 14.0. The summed E-state index contributed by atoms with van der Waals surface area (Å²) in [6.45, 7) is 0.657. The Hall–Kier alpha value is -3.23. The molecule has 33 heavy (non-hydrogen) atoms. The van der Waals surface area contributed by atoms with E-state index in [1.807, 2.05) is 42.5 Å². The van der Waals surface area contributed by atoms with Gasteiger partial charge in [0.1, 0.15) is 28.4 Å². The number of halogens is 1. The van der Waals surface area contributed by atoms with Gasteiger partial charge < -0.3 is 24.2 Å². The molecule has 2 heterocycles. The number of para-hydroxylation sites is 1. The van der Waals surface area contributed by atoms with E-state index >= 15 is 0 Å². The van der Waals surface area contributed by atoms with Gasteiger partial charge in [0.05, 0.1) is 4.88 Å². The molecule has 0 bridgehead atoms. The molecule has 1 aliphatic rings. The first-order valence-corrected chi connectivity index (χ1v) is 11.7. The van der Waals surface area contributed by atoms with Gasteiger partial charge in [0.2, 0.25) is 0 Å². The molecule has 0 unspecified atom stereocenters. The van der Waals surface area contributed by atoms with Crippen LogP contribution in [0.1, 0.15) is 12.8 Å². The quantitative estimate of drug-likeness (QED) is 0.468. The molecule has 1 aromatic heterocycles. The Morgan fingerprint density at radius 1 is 1.06 bits per heavy atom. The van der Waals surface area contributed by atoms with Crippen LogP contribution in [0.25, 0.3) is 10.4 Å². The summed E-state index contributed by atoms with van der Waals surface area (Å²) in [5, 5.41) is 10.9. The van der Waals surface area contributed by atoms with Crippen LogP contribution in [0.2, 0.25) is 5.02 Å². The molecule has 0 aliphatic carbocycles. The molecule has 2 aromatic carbocycles. The van der Waals surface area contributed by atoms with Crippen molar-refractivity contribution in [2.75, 3.05) is 19.7 Å². The minimum absolute atomic E-state index is 0.0192. The Kier molecular flexibility index (Phi) is 7.36. The number of hydrogen-bond donors (Lipinski definition) is 1. The molecule has 3 aromatic rings. The van der Waals surface area contributed by atoms with Gasteiger partial charge in [-0.05, 0) is 29.8 Å². The number of carbonyl (C=O) groups is 2. The van der Waals surface area contributed by atoms with Crippen LogP contribution < -0.4 is 14.2 Å². The van der Waals surface area contributed by atoms with Crippen LogP contribution in [-0.2, 0) is 4.79 Å². The predicted molar refractivity (Wildman–Crippen MR) is 126 cm³/mol. The maximum Gasteiger partial charge on any atom is 0.415 e. The standard InChI is InChI=1S/C24H22ClNO6S/c25-22-20(30-14-21(27)28)15-33-23(22)16-5-4-8-19(13-16)31-18-9-11-26(12-10-18)24(29)32-17-6-2-1-3-7-17/h1-8,13,15,18H,9-12,14H2,(H,27,28). The number of carboxylic acid groups (broad SMARTS) is 1. The lowest BCUT2D eigenvalue weighted by Gasteiger charge is -2.31. The molecule has 0 saturated carbocycles. The van der Waals surface area contributed by atoms with Gasteiger partial charge in [-0.25, -0.2) is 9.59 Å². The molecule has 1 N–H and O–H groups in total. The Balaban J connectivity index is 1.33. The zero-order valence-corrected chi connectivity index (χ0v) is 19.2. The van der Waals surface area contributed by atoms with Gasteiger partial charge in [-0.15, -0.1) is 11.3 Å². The second-order valence-electron chi connectivity index (χ2n) is 7.44. The third-order valence-corrected chi connectivity index (χ3v) is 6.59. The van der Waals surface area contributed by atoms with Crippen LogP contribution in [0.3, 0.4) is 0 Å². The van der Waals surface area contributed by atoms with Gasteiger partial charge in [0.25, 0.3) is 0 Å². The second-order valence-corrected chi connectivity index (χ2v) is 8.70. The largest absolute Gasteiger partial charge is 0.490 e. The number of hydrogen-bond acceptors (Lipinski definition) is 6. The van der Waals surface area contributed by atoms with Crippen LogP contribution in [-0.4, -0.2) is 47.9 Å². The summed E-state index contributed by atoms with van der Waals surface area (Å²) in [6.07, 6.45) is 1.02. The summed E-state index contributed by atoms with van der Waals surface area (Å²) in [6, 6.07) is 16.6. The van der Waals surface area contributed by atoms with Gasteiger partial charge in [-0.2, -0.15) is 0 Å². The lowest BCUT2D eigenvalue weighted by molar-refractivity contribution is -0.139. The van der Waals surface area contributed by atoms with Gasteiger partial charge in [-0.3, -0.25) is 0 Å². The summed E-state index contributed by atoms with van der Waals surface area (Å²) < 4.78 is 16.8. The fraction of sp³-hybridized carbons (Fsp3) is 0.250. The summed E-state index contributed by atoms with van der Waals surface area (Å²) >= 11 is 7.77. The Labute approximate surface area is 200 Å². The molecule has 4 rings (SSSR count). The fourth-order valence-corrected chi connectivity index (χ4v) is 4.77. The lowest BCUT2D eigenvalue weighted by Crippen LogP contribution is -2.43. The minimum atomic E-state index is -1.06. The summed E-state index contributed by atoms with van der Waals surface area (Å²) in [5.74, 6) is 0.519. The number of likely N-dealkylation sites (tertiary alicyclic amines) is 1. The first-order valence-electron chi connectivity index (χ1n) is 10.4. The maximum absolute atomic E-state index is 12.4. The Morgan fingerprint density at radius 3 is 2.52 bits per heavy atom. The molecule has 0 radical (unpaired) electrons. The van der Waals surface area contributed by atoms with E-state index in [0.29, 0.717) is 48.2 Å². The fourth-order valence-electron chi connectivity index (χ4n) is 3.47. The van der Waals surface area contributed by atoms with Gasteiger partial charge in [-0.1, -0.05) is 41.9 Å². The highest BCUT2D eigenvalue weighted by molar-refractivity contribution is 7.14. The first-order chi connectivity index (χ1) is 16.0. The number of rotatable bonds is 7. The van der Waals surface area contributed by atoms with E-state index in [1.165, 1.54) is 11.3 Å². The average Bonchev–Trinajstić information content (AvgIpc) is 3.19. The molecule has 0 atom stereocenters. The number of carboxylic acids is 1. The van der Waals surface area contributed by atoms with Crippen molar-refractivity contribution >= 4 is 35.0 Å². The van der Waals surface area contributed by atoms with Crippen molar-refractivity contribution in [1.29, 1.82) is 0 Å². The first kappa shape index (κ1) is 22.9. The van der Waals surface area contributed by atoms with Crippen molar-refractivity contribution in [2.24, 2.45) is 0 Å². The van der Waals surface area contributed by atoms with Crippen molar-refractivity contribution in [2.45, 2.75) is 18.9 Å². The molecular formula is C24H22ClNO6S. The molecule has 0 spiro atoms. The average molecular weight is 488 g/mol. The number of nitrogens with zero attached hydrogens (tertiary/aromatic N) is 1. The zero-order valence-electron chi connectivity index (χ0n) is 17.6. The Morgan fingerprint density at radius 2 is 1.79 bits per heavy atom. The number of thiophene rings is 1.